The maximum absolute atomic E-state index is 12.2. The number of rotatable bonds is 5. The minimum atomic E-state index is -0.0387. The van der Waals surface area contributed by atoms with Gasteiger partial charge in [-0.1, -0.05) is 0 Å². The molecule has 7 nitrogen and oxygen atoms in total. The normalized spacial score (nSPS) is 18.4. The lowest BCUT2D eigenvalue weighted by molar-refractivity contribution is 0.214. The Morgan fingerprint density at radius 2 is 1.96 bits per heavy atom. The summed E-state index contributed by atoms with van der Waals surface area (Å²) < 4.78 is 7.38. The highest BCUT2D eigenvalue weighted by atomic mass is 16.5. The van der Waals surface area contributed by atoms with Crippen molar-refractivity contribution in [2.45, 2.75) is 31.6 Å². The molecule has 0 aromatic carbocycles. The lowest BCUT2D eigenvalue weighted by atomic mass is 9.98. The fourth-order valence-electron chi connectivity index (χ4n) is 3.22. The Bertz CT molecular complexity index is 777. The number of piperidine rings is 1. The summed E-state index contributed by atoms with van der Waals surface area (Å²) in [7, 11) is 1.75. The van der Waals surface area contributed by atoms with Crippen LogP contribution in [0.3, 0.4) is 0 Å². The molecule has 1 saturated heterocycles. The minimum Gasteiger partial charge on any atom is -0.476 e. The molecule has 3 heterocycles. The van der Waals surface area contributed by atoms with Crippen molar-refractivity contribution in [1.82, 2.24) is 19.7 Å². The van der Waals surface area contributed by atoms with Gasteiger partial charge in [-0.2, -0.15) is 5.10 Å². The fourth-order valence-corrected chi connectivity index (χ4v) is 3.22. The number of hydrogen-bond acceptors (Lipinski definition) is 6. The van der Waals surface area contributed by atoms with Gasteiger partial charge >= 0.3 is 0 Å². The predicted octanol–water partition coefficient (Wildman–Crippen LogP) is 1.74. The SMILES string of the molecule is Cn1ccnc(N2CCC(COc3ccc(C4CC4)nn3)CC2)c1=O. The Labute approximate surface area is 146 Å². The van der Waals surface area contributed by atoms with Gasteiger partial charge in [-0.15, -0.1) is 5.10 Å². The van der Waals surface area contributed by atoms with Gasteiger partial charge in [0.05, 0.1) is 12.3 Å². The third kappa shape index (κ3) is 3.65. The van der Waals surface area contributed by atoms with Gasteiger partial charge in [-0.05, 0) is 37.7 Å². The summed E-state index contributed by atoms with van der Waals surface area (Å²) in [4.78, 5) is 18.5. The van der Waals surface area contributed by atoms with Crippen LogP contribution in [0.15, 0.2) is 29.3 Å². The molecule has 1 aliphatic carbocycles. The van der Waals surface area contributed by atoms with Crippen molar-refractivity contribution in [3.8, 4) is 5.88 Å². The van der Waals surface area contributed by atoms with Crippen molar-refractivity contribution in [2.24, 2.45) is 13.0 Å². The number of hydrogen-bond donors (Lipinski definition) is 0. The van der Waals surface area contributed by atoms with Crippen LogP contribution in [0.2, 0.25) is 0 Å². The zero-order valence-electron chi connectivity index (χ0n) is 14.5. The van der Waals surface area contributed by atoms with Crippen molar-refractivity contribution in [1.29, 1.82) is 0 Å². The van der Waals surface area contributed by atoms with Crippen LogP contribution >= 0.6 is 0 Å². The molecule has 4 rings (SSSR count). The summed E-state index contributed by atoms with van der Waals surface area (Å²) >= 11 is 0. The number of ether oxygens (including phenoxy) is 1. The smallest absolute Gasteiger partial charge is 0.293 e. The minimum absolute atomic E-state index is 0.0387. The van der Waals surface area contributed by atoms with Crippen molar-refractivity contribution in [3.05, 3.63) is 40.6 Å². The number of aryl methyl sites for hydroxylation is 1. The molecule has 1 aliphatic heterocycles. The van der Waals surface area contributed by atoms with Gasteiger partial charge in [0.15, 0.2) is 5.82 Å². The van der Waals surface area contributed by atoms with Gasteiger partial charge in [-0.3, -0.25) is 4.79 Å². The topological polar surface area (TPSA) is 73.1 Å². The van der Waals surface area contributed by atoms with Gasteiger partial charge in [-0.25, -0.2) is 4.98 Å². The van der Waals surface area contributed by atoms with E-state index in [9.17, 15) is 4.79 Å². The van der Waals surface area contributed by atoms with E-state index >= 15 is 0 Å². The Morgan fingerprint density at radius 1 is 1.16 bits per heavy atom. The van der Waals surface area contributed by atoms with Crippen LogP contribution in [0.1, 0.15) is 37.3 Å². The molecule has 0 amide bonds. The van der Waals surface area contributed by atoms with E-state index in [1.165, 1.54) is 12.8 Å². The van der Waals surface area contributed by atoms with Crippen LogP contribution in [-0.4, -0.2) is 39.4 Å². The van der Waals surface area contributed by atoms with Gasteiger partial charge in [0.25, 0.3) is 5.56 Å². The van der Waals surface area contributed by atoms with E-state index in [4.69, 9.17) is 4.74 Å². The lowest BCUT2D eigenvalue weighted by Gasteiger charge is -2.32. The zero-order chi connectivity index (χ0) is 17.2. The van der Waals surface area contributed by atoms with E-state index in [0.717, 1.165) is 31.6 Å². The Morgan fingerprint density at radius 3 is 2.64 bits per heavy atom. The fraction of sp³-hybridized carbons (Fsp3) is 0.556. The van der Waals surface area contributed by atoms with Crippen LogP contribution in [0.25, 0.3) is 0 Å². The van der Waals surface area contributed by atoms with Crippen LogP contribution in [0, 0.1) is 5.92 Å². The molecule has 25 heavy (non-hydrogen) atoms. The molecule has 2 aromatic rings. The zero-order valence-corrected chi connectivity index (χ0v) is 14.5. The molecule has 2 fully saturated rings. The van der Waals surface area contributed by atoms with E-state index < -0.39 is 0 Å². The largest absolute Gasteiger partial charge is 0.476 e. The first-order valence-corrected chi connectivity index (χ1v) is 8.93. The van der Waals surface area contributed by atoms with E-state index in [1.807, 2.05) is 12.1 Å². The van der Waals surface area contributed by atoms with Gasteiger partial charge in [0.2, 0.25) is 5.88 Å². The summed E-state index contributed by atoms with van der Waals surface area (Å²) in [5.41, 5.74) is 1.04. The van der Waals surface area contributed by atoms with E-state index in [2.05, 4.69) is 20.1 Å². The van der Waals surface area contributed by atoms with Gasteiger partial charge in [0, 0.05) is 44.5 Å². The summed E-state index contributed by atoms with van der Waals surface area (Å²) in [6.07, 6.45) is 7.78. The predicted molar refractivity (Wildman–Crippen MR) is 93.9 cm³/mol. The van der Waals surface area contributed by atoms with Crippen molar-refractivity contribution in [2.75, 3.05) is 24.6 Å². The highest BCUT2D eigenvalue weighted by Crippen LogP contribution is 2.38. The lowest BCUT2D eigenvalue weighted by Crippen LogP contribution is -2.40. The van der Waals surface area contributed by atoms with Crippen LogP contribution in [0.5, 0.6) is 5.88 Å². The Hall–Kier alpha value is -2.44. The first-order chi connectivity index (χ1) is 12.2. The second-order valence-electron chi connectivity index (χ2n) is 6.98. The molecule has 0 radical (unpaired) electrons. The molecule has 0 spiro atoms. The summed E-state index contributed by atoms with van der Waals surface area (Å²) in [5.74, 6) is 2.23. The molecule has 0 bridgehead atoms. The first kappa shape index (κ1) is 16.1. The van der Waals surface area contributed by atoms with Crippen LogP contribution < -0.4 is 15.2 Å². The molecule has 2 aliphatic rings. The number of anilines is 1. The van der Waals surface area contributed by atoms with Crippen LogP contribution in [0.4, 0.5) is 5.82 Å². The molecule has 2 aromatic heterocycles. The number of aromatic nitrogens is 4. The molecule has 7 heteroatoms. The van der Waals surface area contributed by atoms with Crippen molar-refractivity contribution in [3.63, 3.8) is 0 Å². The maximum atomic E-state index is 12.2. The number of nitrogens with zero attached hydrogens (tertiary/aromatic N) is 5. The summed E-state index contributed by atoms with van der Waals surface area (Å²) in [6, 6.07) is 3.95. The summed E-state index contributed by atoms with van der Waals surface area (Å²) in [6.45, 7) is 2.30. The van der Waals surface area contributed by atoms with E-state index in [-0.39, 0.29) is 5.56 Å². The maximum Gasteiger partial charge on any atom is 0.293 e. The molecular weight excluding hydrogens is 318 g/mol. The highest BCUT2D eigenvalue weighted by Gasteiger charge is 2.26. The van der Waals surface area contributed by atoms with Gasteiger partial charge < -0.3 is 14.2 Å². The molecule has 0 N–H and O–H groups in total. The molecule has 0 atom stereocenters. The first-order valence-electron chi connectivity index (χ1n) is 8.93. The third-order valence-electron chi connectivity index (χ3n) is 5.04. The quantitative estimate of drug-likeness (QED) is 0.825. The summed E-state index contributed by atoms with van der Waals surface area (Å²) in [5, 5.41) is 8.42. The average Bonchev–Trinajstić information content (AvgIpc) is 3.49. The van der Waals surface area contributed by atoms with E-state index in [1.54, 1.807) is 24.0 Å². The standard InChI is InChI=1S/C18H23N5O2/c1-22-11-8-19-17(18(22)24)23-9-6-13(7-10-23)12-25-16-5-4-15(20-21-16)14-2-3-14/h4-5,8,11,13-14H,2-3,6-7,9-10,12H2,1H3. The second-order valence-corrected chi connectivity index (χ2v) is 6.98. The van der Waals surface area contributed by atoms with Crippen molar-refractivity contribution < 1.29 is 4.74 Å². The third-order valence-corrected chi connectivity index (χ3v) is 5.04. The van der Waals surface area contributed by atoms with E-state index in [0.29, 0.717) is 30.1 Å². The molecular formula is C18H23N5O2. The highest BCUT2D eigenvalue weighted by molar-refractivity contribution is 5.36. The average molecular weight is 341 g/mol. The Balaban J connectivity index is 1.28. The molecule has 0 unspecified atom stereocenters. The van der Waals surface area contributed by atoms with Crippen LogP contribution in [-0.2, 0) is 7.05 Å². The monoisotopic (exact) mass is 341 g/mol. The second kappa shape index (κ2) is 6.82. The molecule has 1 saturated carbocycles. The van der Waals surface area contributed by atoms with Crippen molar-refractivity contribution >= 4 is 5.82 Å². The molecule has 132 valence electrons. The van der Waals surface area contributed by atoms with Gasteiger partial charge in [0.1, 0.15) is 0 Å². The Kier molecular flexibility index (Phi) is 4.38.